The molecule has 1 fully saturated rings. The van der Waals surface area contributed by atoms with Gasteiger partial charge in [-0.25, -0.2) is 4.99 Å². The van der Waals surface area contributed by atoms with E-state index in [0.29, 0.717) is 19.2 Å². The van der Waals surface area contributed by atoms with Gasteiger partial charge in [0.15, 0.2) is 5.96 Å². The van der Waals surface area contributed by atoms with Crippen molar-refractivity contribution >= 4 is 5.96 Å². The fourth-order valence-corrected chi connectivity index (χ4v) is 2.71. The molecule has 2 rings (SSSR count). The van der Waals surface area contributed by atoms with Crippen LogP contribution in [0.4, 0.5) is 0 Å². The summed E-state index contributed by atoms with van der Waals surface area (Å²) in [6.45, 7) is 7.16. The third-order valence-corrected chi connectivity index (χ3v) is 3.96. The molecule has 0 aromatic heterocycles. The second-order valence-corrected chi connectivity index (χ2v) is 5.77. The Hall–Kier alpha value is -1.55. The van der Waals surface area contributed by atoms with Gasteiger partial charge in [-0.1, -0.05) is 37.1 Å². The van der Waals surface area contributed by atoms with Crippen molar-refractivity contribution in [2.75, 3.05) is 13.2 Å². The number of nitrogens with zero attached hydrogens (tertiary/aromatic N) is 1. The number of benzene rings is 1. The van der Waals surface area contributed by atoms with Gasteiger partial charge in [-0.3, -0.25) is 0 Å². The third kappa shape index (κ3) is 5.68. The van der Waals surface area contributed by atoms with Crippen LogP contribution < -0.4 is 10.6 Å². The van der Waals surface area contributed by atoms with E-state index in [1.54, 1.807) is 0 Å². The first kappa shape index (κ1) is 16.8. The van der Waals surface area contributed by atoms with E-state index in [2.05, 4.69) is 41.8 Å². The molecule has 0 spiro atoms. The maximum atomic E-state index is 5.42. The highest BCUT2D eigenvalue weighted by Crippen LogP contribution is 2.17. The lowest BCUT2D eigenvalue weighted by molar-refractivity contribution is 0.134. The summed E-state index contributed by atoms with van der Waals surface area (Å²) in [7, 11) is 0. The molecule has 0 radical (unpaired) electrons. The molecule has 2 N–H and O–H groups in total. The summed E-state index contributed by atoms with van der Waals surface area (Å²) >= 11 is 0. The number of ether oxygens (including phenoxy) is 1. The number of aliphatic imine (C=N–C) groups is 1. The summed E-state index contributed by atoms with van der Waals surface area (Å²) < 4.78 is 5.42. The van der Waals surface area contributed by atoms with Gasteiger partial charge in [-0.2, -0.15) is 0 Å². The van der Waals surface area contributed by atoms with Gasteiger partial charge in [0.05, 0.1) is 13.2 Å². The first-order valence-electron chi connectivity index (χ1n) is 8.52. The van der Waals surface area contributed by atoms with Gasteiger partial charge in [0, 0.05) is 19.2 Å². The van der Waals surface area contributed by atoms with E-state index in [0.717, 1.165) is 19.1 Å². The molecule has 0 aliphatic heterocycles. The number of guanidine groups is 1. The minimum Gasteiger partial charge on any atom is -0.377 e. The van der Waals surface area contributed by atoms with Crippen LogP contribution in [0.5, 0.6) is 0 Å². The highest BCUT2D eigenvalue weighted by atomic mass is 16.5. The van der Waals surface area contributed by atoms with Gasteiger partial charge < -0.3 is 15.4 Å². The van der Waals surface area contributed by atoms with Gasteiger partial charge >= 0.3 is 0 Å². The maximum Gasteiger partial charge on any atom is 0.191 e. The van der Waals surface area contributed by atoms with Crippen molar-refractivity contribution in [3.05, 3.63) is 35.4 Å². The lowest BCUT2D eigenvalue weighted by atomic mass is 10.1. The van der Waals surface area contributed by atoms with E-state index in [9.17, 15) is 0 Å². The third-order valence-electron chi connectivity index (χ3n) is 3.96. The van der Waals surface area contributed by atoms with Crippen LogP contribution in [0.2, 0.25) is 0 Å². The summed E-state index contributed by atoms with van der Waals surface area (Å²) in [6.07, 6.45) is 5.18. The average molecular weight is 303 g/mol. The van der Waals surface area contributed by atoms with Crippen molar-refractivity contribution in [1.82, 2.24) is 10.6 Å². The van der Waals surface area contributed by atoms with E-state index in [1.807, 2.05) is 6.92 Å². The van der Waals surface area contributed by atoms with Gasteiger partial charge in [0.25, 0.3) is 0 Å². The molecule has 4 heteroatoms. The molecule has 1 aromatic rings. The Bertz CT molecular complexity index is 450. The fourth-order valence-electron chi connectivity index (χ4n) is 2.71. The summed E-state index contributed by atoms with van der Waals surface area (Å²) in [5.41, 5.74) is 2.44. The smallest absolute Gasteiger partial charge is 0.191 e. The molecule has 4 nitrogen and oxygen atoms in total. The second-order valence-electron chi connectivity index (χ2n) is 5.77. The Labute approximate surface area is 134 Å². The molecule has 0 saturated heterocycles. The van der Waals surface area contributed by atoms with Crippen molar-refractivity contribution < 1.29 is 4.74 Å². The van der Waals surface area contributed by atoms with Crippen molar-refractivity contribution in [2.45, 2.75) is 58.7 Å². The van der Waals surface area contributed by atoms with E-state index in [4.69, 9.17) is 9.73 Å². The second kappa shape index (κ2) is 9.46. The van der Waals surface area contributed by atoms with Crippen LogP contribution in [0, 0.1) is 0 Å². The molecule has 0 amide bonds. The molecule has 122 valence electrons. The number of nitrogens with one attached hydrogen (secondary N) is 2. The zero-order valence-electron chi connectivity index (χ0n) is 13.9. The number of rotatable bonds is 7. The molecule has 0 unspecified atom stereocenters. The minimum atomic E-state index is 0.589. The van der Waals surface area contributed by atoms with Crippen LogP contribution in [0.1, 0.15) is 50.7 Å². The largest absolute Gasteiger partial charge is 0.377 e. The Morgan fingerprint density at radius 1 is 1.14 bits per heavy atom. The normalized spacial score (nSPS) is 16.0. The van der Waals surface area contributed by atoms with Crippen LogP contribution >= 0.6 is 0 Å². The van der Waals surface area contributed by atoms with Gasteiger partial charge in [-0.05, 0) is 37.8 Å². The van der Waals surface area contributed by atoms with Crippen molar-refractivity contribution in [1.29, 1.82) is 0 Å². The zero-order chi connectivity index (χ0) is 15.6. The molecule has 1 aliphatic carbocycles. The summed E-state index contributed by atoms with van der Waals surface area (Å²) in [5, 5.41) is 6.88. The molecular formula is C18H29N3O. The Kier molecular flexibility index (Phi) is 7.23. The molecule has 22 heavy (non-hydrogen) atoms. The SMILES string of the molecule is CCNC(=NCc1ccc(COCC)cc1)NC1CCCC1. The predicted molar refractivity (Wildman–Crippen MR) is 92.0 cm³/mol. The first-order valence-corrected chi connectivity index (χ1v) is 8.52. The molecule has 0 atom stereocenters. The standard InChI is InChI=1S/C18H29N3O/c1-3-19-18(21-17-7-5-6-8-17)20-13-15-9-11-16(12-10-15)14-22-4-2/h9-12,17H,3-8,13-14H2,1-2H3,(H2,19,20,21). The average Bonchev–Trinajstić information content (AvgIpc) is 3.05. The summed E-state index contributed by atoms with van der Waals surface area (Å²) in [4.78, 5) is 4.70. The van der Waals surface area contributed by atoms with Crippen molar-refractivity contribution in [2.24, 2.45) is 4.99 Å². The first-order chi connectivity index (χ1) is 10.8. The summed E-state index contributed by atoms with van der Waals surface area (Å²) in [5.74, 6) is 0.938. The molecule has 1 aromatic carbocycles. The highest BCUT2D eigenvalue weighted by molar-refractivity contribution is 5.80. The van der Waals surface area contributed by atoms with Gasteiger partial charge in [0.1, 0.15) is 0 Å². The molecule has 1 aliphatic rings. The van der Waals surface area contributed by atoms with E-state index >= 15 is 0 Å². The van der Waals surface area contributed by atoms with Crippen LogP contribution in [0.3, 0.4) is 0 Å². The molecular weight excluding hydrogens is 274 g/mol. The lowest BCUT2D eigenvalue weighted by Gasteiger charge is -2.16. The Balaban J connectivity index is 1.88. The number of hydrogen-bond donors (Lipinski definition) is 2. The molecule has 1 saturated carbocycles. The van der Waals surface area contributed by atoms with Crippen molar-refractivity contribution in [3.8, 4) is 0 Å². The highest BCUT2D eigenvalue weighted by Gasteiger charge is 2.15. The summed E-state index contributed by atoms with van der Waals surface area (Å²) in [6, 6.07) is 9.11. The Morgan fingerprint density at radius 2 is 1.82 bits per heavy atom. The van der Waals surface area contributed by atoms with Crippen molar-refractivity contribution in [3.63, 3.8) is 0 Å². The predicted octanol–water partition coefficient (Wildman–Crippen LogP) is 3.22. The maximum absolute atomic E-state index is 5.42. The minimum absolute atomic E-state index is 0.589. The van der Waals surface area contributed by atoms with Crippen LogP contribution in [0.25, 0.3) is 0 Å². The van der Waals surface area contributed by atoms with Gasteiger partial charge in [-0.15, -0.1) is 0 Å². The lowest BCUT2D eigenvalue weighted by Crippen LogP contribution is -2.42. The Morgan fingerprint density at radius 3 is 2.45 bits per heavy atom. The molecule has 0 heterocycles. The zero-order valence-corrected chi connectivity index (χ0v) is 13.9. The van der Waals surface area contributed by atoms with E-state index in [-0.39, 0.29) is 0 Å². The molecule has 0 bridgehead atoms. The van der Waals surface area contributed by atoms with Crippen LogP contribution in [-0.2, 0) is 17.9 Å². The van der Waals surface area contributed by atoms with Crippen LogP contribution in [0.15, 0.2) is 29.3 Å². The monoisotopic (exact) mass is 303 g/mol. The fraction of sp³-hybridized carbons (Fsp3) is 0.611. The van der Waals surface area contributed by atoms with Gasteiger partial charge in [0.2, 0.25) is 0 Å². The van der Waals surface area contributed by atoms with E-state index in [1.165, 1.54) is 36.8 Å². The van der Waals surface area contributed by atoms with E-state index < -0.39 is 0 Å². The number of hydrogen-bond acceptors (Lipinski definition) is 2. The van der Waals surface area contributed by atoms with Crippen LogP contribution in [-0.4, -0.2) is 25.2 Å². The quantitative estimate of drug-likeness (QED) is 0.600. The topological polar surface area (TPSA) is 45.7 Å².